The third kappa shape index (κ3) is 4.78. The molecule has 1 rings (SSSR count). The largest absolute Gasteiger partial charge is 0.497 e. The minimum atomic E-state index is -3.18. The van der Waals surface area contributed by atoms with Crippen LogP contribution < -0.4 is 9.82 Å². The molecule has 0 aliphatic rings. The van der Waals surface area contributed by atoms with Gasteiger partial charge in [0.1, 0.15) is 5.75 Å². The van der Waals surface area contributed by atoms with Gasteiger partial charge in [0.15, 0.2) is 0 Å². The van der Waals surface area contributed by atoms with Crippen molar-refractivity contribution in [2.45, 2.75) is 20.4 Å². The van der Waals surface area contributed by atoms with Gasteiger partial charge in [0.05, 0.1) is 20.3 Å². The van der Waals surface area contributed by atoms with Crippen LogP contribution in [0.15, 0.2) is 24.3 Å². The first-order valence-corrected chi connectivity index (χ1v) is 7.45. The predicted octanol–water partition coefficient (Wildman–Crippen LogP) is 2.97. The van der Waals surface area contributed by atoms with Crippen molar-refractivity contribution in [2.75, 3.05) is 20.3 Å². The molecule has 5 nitrogen and oxygen atoms in total. The molecule has 0 amide bonds. The second-order valence-electron chi connectivity index (χ2n) is 3.52. The number of rotatable bonds is 8. The van der Waals surface area contributed by atoms with Crippen LogP contribution in [-0.2, 0) is 20.2 Å². The summed E-state index contributed by atoms with van der Waals surface area (Å²) < 4.78 is 27.5. The lowest BCUT2D eigenvalue weighted by Crippen LogP contribution is -2.14. The number of hydrogen-bond donors (Lipinski definition) is 1. The van der Waals surface area contributed by atoms with Crippen molar-refractivity contribution in [3.8, 4) is 5.75 Å². The summed E-state index contributed by atoms with van der Waals surface area (Å²) in [5, 5.41) is 2.82. The fourth-order valence-electron chi connectivity index (χ4n) is 1.40. The van der Waals surface area contributed by atoms with Crippen LogP contribution in [0, 0.1) is 0 Å². The predicted molar refractivity (Wildman–Crippen MR) is 70.7 cm³/mol. The number of benzene rings is 1. The molecule has 0 bridgehead atoms. The summed E-state index contributed by atoms with van der Waals surface area (Å²) in [6.07, 6.45) is 0. The Morgan fingerprint density at radius 1 is 1.11 bits per heavy atom. The van der Waals surface area contributed by atoms with Gasteiger partial charge in [-0.3, -0.25) is 9.05 Å². The van der Waals surface area contributed by atoms with E-state index in [1.165, 1.54) is 0 Å². The van der Waals surface area contributed by atoms with Gasteiger partial charge in [-0.25, -0.2) is 9.65 Å². The molecular formula is C12H20NO4P. The summed E-state index contributed by atoms with van der Waals surface area (Å²) in [5.41, 5.74) is 0.982. The van der Waals surface area contributed by atoms with Crippen LogP contribution in [0.3, 0.4) is 0 Å². The van der Waals surface area contributed by atoms with E-state index in [1.54, 1.807) is 21.0 Å². The molecule has 1 N–H and O–H groups in total. The summed E-state index contributed by atoms with van der Waals surface area (Å²) in [5.74, 6) is 0.788. The molecule has 0 atom stereocenters. The van der Waals surface area contributed by atoms with E-state index in [2.05, 4.69) is 5.09 Å². The first kappa shape index (κ1) is 15.2. The molecule has 0 aliphatic carbocycles. The van der Waals surface area contributed by atoms with E-state index in [-0.39, 0.29) is 0 Å². The minimum Gasteiger partial charge on any atom is -0.497 e. The first-order chi connectivity index (χ1) is 8.63. The number of ether oxygens (including phenoxy) is 1. The summed E-state index contributed by atoms with van der Waals surface area (Å²) >= 11 is 0. The quantitative estimate of drug-likeness (QED) is 0.738. The molecule has 1 aromatic rings. The summed E-state index contributed by atoms with van der Waals surface area (Å²) in [7, 11) is -1.57. The molecular weight excluding hydrogens is 253 g/mol. The van der Waals surface area contributed by atoms with Gasteiger partial charge in [-0.1, -0.05) is 12.1 Å². The van der Waals surface area contributed by atoms with E-state index in [1.807, 2.05) is 24.3 Å². The summed E-state index contributed by atoms with van der Waals surface area (Å²) in [4.78, 5) is 0. The first-order valence-electron chi connectivity index (χ1n) is 5.90. The highest BCUT2D eigenvalue weighted by molar-refractivity contribution is 7.51. The Labute approximate surface area is 108 Å². The van der Waals surface area contributed by atoms with Crippen molar-refractivity contribution in [1.82, 2.24) is 5.09 Å². The Hall–Kier alpha value is -0.870. The third-order valence-corrected chi connectivity index (χ3v) is 3.98. The van der Waals surface area contributed by atoms with Crippen molar-refractivity contribution < 1.29 is 18.3 Å². The van der Waals surface area contributed by atoms with E-state index in [0.717, 1.165) is 11.3 Å². The van der Waals surface area contributed by atoms with Gasteiger partial charge in [-0.05, 0) is 31.5 Å². The highest BCUT2D eigenvalue weighted by Gasteiger charge is 2.22. The van der Waals surface area contributed by atoms with Crippen LogP contribution in [0.25, 0.3) is 0 Å². The molecule has 1 aromatic carbocycles. The Balaban J connectivity index is 2.58. The monoisotopic (exact) mass is 273 g/mol. The SMILES string of the molecule is CCOP(=O)(NCc1ccc(OC)cc1)OCC. The van der Waals surface area contributed by atoms with E-state index < -0.39 is 7.75 Å². The zero-order valence-electron chi connectivity index (χ0n) is 11.0. The molecule has 0 spiro atoms. The van der Waals surface area contributed by atoms with Crippen LogP contribution in [0.1, 0.15) is 19.4 Å². The van der Waals surface area contributed by atoms with Gasteiger partial charge < -0.3 is 4.74 Å². The van der Waals surface area contributed by atoms with Gasteiger partial charge in [0.2, 0.25) is 0 Å². The standard InChI is InChI=1S/C12H20NO4P/c1-4-16-18(14,17-5-2)13-10-11-6-8-12(15-3)9-7-11/h6-9H,4-5,10H2,1-3H3,(H,13,14). The van der Waals surface area contributed by atoms with Crippen molar-refractivity contribution in [3.05, 3.63) is 29.8 Å². The van der Waals surface area contributed by atoms with Gasteiger partial charge in [0.25, 0.3) is 0 Å². The molecule has 0 fully saturated rings. The van der Waals surface area contributed by atoms with E-state index in [9.17, 15) is 4.57 Å². The molecule has 6 heteroatoms. The fourth-order valence-corrected chi connectivity index (χ4v) is 2.71. The van der Waals surface area contributed by atoms with E-state index in [4.69, 9.17) is 13.8 Å². The van der Waals surface area contributed by atoms with Crippen LogP contribution >= 0.6 is 7.75 Å². The minimum absolute atomic E-state index is 0.340. The maximum Gasteiger partial charge on any atom is 0.405 e. The second kappa shape index (κ2) is 7.54. The van der Waals surface area contributed by atoms with Gasteiger partial charge in [-0.2, -0.15) is 0 Å². The van der Waals surface area contributed by atoms with Crippen LogP contribution in [0.4, 0.5) is 0 Å². The Bertz CT molecular complexity index is 384. The smallest absolute Gasteiger partial charge is 0.405 e. The van der Waals surface area contributed by atoms with Gasteiger partial charge in [0, 0.05) is 6.54 Å². The van der Waals surface area contributed by atoms with Crippen molar-refractivity contribution >= 4 is 7.75 Å². The molecule has 0 saturated carbocycles. The average molecular weight is 273 g/mol. The Morgan fingerprint density at radius 2 is 1.67 bits per heavy atom. The number of methoxy groups -OCH3 is 1. The molecule has 0 heterocycles. The molecule has 0 radical (unpaired) electrons. The Morgan fingerprint density at radius 3 is 2.11 bits per heavy atom. The zero-order valence-corrected chi connectivity index (χ0v) is 11.9. The highest BCUT2D eigenvalue weighted by Crippen LogP contribution is 2.43. The van der Waals surface area contributed by atoms with Crippen molar-refractivity contribution in [2.24, 2.45) is 0 Å². The normalized spacial score (nSPS) is 11.5. The zero-order chi connectivity index (χ0) is 13.4. The van der Waals surface area contributed by atoms with Crippen molar-refractivity contribution in [3.63, 3.8) is 0 Å². The van der Waals surface area contributed by atoms with Crippen LogP contribution in [-0.4, -0.2) is 20.3 Å². The fraction of sp³-hybridized carbons (Fsp3) is 0.500. The van der Waals surface area contributed by atoms with Crippen molar-refractivity contribution in [1.29, 1.82) is 0 Å². The maximum absolute atomic E-state index is 12.1. The summed E-state index contributed by atoms with van der Waals surface area (Å²) in [6, 6.07) is 7.49. The second-order valence-corrected chi connectivity index (χ2v) is 5.34. The number of hydrogen-bond acceptors (Lipinski definition) is 4. The number of nitrogens with one attached hydrogen (secondary N) is 1. The Kier molecular flexibility index (Phi) is 6.36. The lowest BCUT2D eigenvalue weighted by molar-refractivity contribution is 0.210. The molecule has 0 aromatic heterocycles. The van der Waals surface area contributed by atoms with E-state index in [0.29, 0.717) is 19.8 Å². The topological polar surface area (TPSA) is 56.8 Å². The molecule has 18 heavy (non-hydrogen) atoms. The third-order valence-electron chi connectivity index (χ3n) is 2.23. The summed E-state index contributed by atoms with van der Waals surface area (Å²) in [6.45, 7) is 4.66. The van der Waals surface area contributed by atoms with Gasteiger partial charge >= 0.3 is 7.75 Å². The average Bonchev–Trinajstić information content (AvgIpc) is 2.38. The molecule has 102 valence electrons. The van der Waals surface area contributed by atoms with E-state index >= 15 is 0 Å². The maximum atomic E-state index is 12.1. The molecule has 0 unspecified atom stereocenters. The lowest BCUT2D eigenvalue weighted by atomic mass is 10.2. The lowest BCUT2D eigenvalue weighted by Gasteiger charge is -2.17. The highest BCUT2D eigenvalue weighted by atomic mass is 31.2. The molecule has 0 aliphatic heterocycles. The van der Waals surface area contributed by atoms with Crippen LogP contribution in [0.2, 0.25) is 0 Å². The molecule has 0 saturated heterocycles. The van der Waals surface area contributed by atoms with Crippen LogP contribution in [0.5, 0.6) is 5.75 Å². The van der Waals surface area contributed by atoms with Gasteiger partial charge in [-0.15, -0.1) is 0 Å².